The lowest BCUT2D eigenvalue weighted by Gasteiger charge is -2.36. The van der Waals surface area contributed by atoms with Gasteiger partial charge in [0, 0.05) is 39.3 Å². The Balaban J connectivity index is 1.37. The number of rotatable bonds is 10. The van der Waals surface area contributed by atoms with E-state index in [-0.39, 0.29) is 0 Å². The van der Waals surface area contributed by atoms with Crippen molar-refractivity contribution in [3.63, 3.8) is 0 Å². The van der Waals surface area contributed by atoms with Crippen LogP contribution in [0.2, 0.25) is 0 Å². The summed E-state index contributed by atoms with van der Waals surface area (Å²) in [5.41, 5.74) is 1.47. The zero-order valence-electron chi connectivity index (χ0n) is 16.9. The smallest absolute Gasteiger partial charge is 0.0887 e. The van der Waals surface area contributed by atoms with Crippen molar-refractivity contribution in [2.75, 3.05) is 45.8 Å². The molecule has 2 saturated heterocycles. The molecule has 3 rings (SSSR count). The van der Waals surface area contributed by atoms with Crippen molar-refractivity contribution in [1.29, 1.82) is 0 Å². The second kappa shape index (κ2) is 11.1. The molecule has 0 aliphatic carbocycles. The lowest BCUT2D eigenvalue weighted by atomic mass is 10.1. The Kier molecular flexibility index (Phi) is 8.44. The quantitative estimate of drug-likeness (QED) is 0.559. The summed E-state index contributed by atoms with van der Waals surface area (Å²) >= 11 is 0. The normalized spacial score (nSPS) is 26.6. The molecule has 0 spiro atoms. The summed E-state index contributed by atoms with van der Waals surface area (Å²) in [7, 11) is 0. The van der Waals surface area contributed by atoms with Crippen molar-refractivity contribution in [1.82, 2.24) is 14.7 Å². The first-order valence-electron chi connectivity index (χ1n) is 11.1. The van der Waals surface area contributed by atoms with Crippen molar-refractivity contribution in [2.45, 2.75) is 64.5 Å². The predicted octanol–water partition coefficient (Wildman–Crippen LogP) is 4.76. The molecule has 2 aliphatic rings. The number of hydrogen-bond donors (Lipinski definition) is 0. The number of fused-ring (bicyclic) bond motifs is 2. The van der Waals surface area contributed by atoms with Crippen LogP contribution >= 0.6 is 0 Å². The second-order valence-electron chi connectivity index (χ2n) is 8.17. The first-order chi connectivity index (χ1) is 12.9. The van der Waals surface area contributed by atoms with Crippen molar-refractivity contribution in [3.8, 4) is 0 Å². The fraction of sp³-hybridized carbons (Fsp3) is 0.739. The van der Waals surface area contributed by atoms with E-state index in [0.717, 1.165) is 0 Å². The van der Waals surface area contributed by atoms with Crippen LogP contribution in [0, 0.1) is 0 Å². The van der Waals surface area contributed by atoms with Gasteiger partial charge in [-0.3, -0.25) is 9.80 Å². The number of unbranched alkanes of at least 4 members (excludes halogenated alkanes) is 7. The van der Waals surface area contributed by atoms with Crippen LogP contribution in [0.1, 0.15) is 70.0 Å². The van der Waals surface area contributed by atoms with Crippen LogP contribution in [0.5, 0.6) is 0 Å². The Bertz CT molecular complexity index is 473. The maximum absolute atomic E-state index is 2.71. The zero-order chi connectivity index (χ0) is 18.0. The standard InChI is InChI=1S/C23H39N3/c1-2-3-4-5-6-7-8-12-15-24-16-18-25-20-21-26(19-17-24)23(25)22-13-10-9-11-14-22/h9-11,13-14,23H,2-8,12,15-21H2,1H3. The van der Waals surface area contributed by atoms with Gasteiger partial charge >= 0.3 is 0 Å². The Labute approximate surface area is 161 Å². The number of hydrogen-bond acceptors (Lipinski definition) is 3. The van der Waals surface area contributed by atoms with Gasteiger partial charge in [-0.15, -0.1) is 0 Å². The molecule has 2 fully saturated rings. The van der Waals surface area contributed by atoms with Crippen LogP contribution in [0.15, 0.2) is 30.3 Å². The SMILES string of the molecule is CCCCCCCCCCN1CCN2CCN(CC1)C2c1ccccc1. The van der Waals surface area contributed by atoms with E-state index < -0.39 is 0 Å². The summed E-state index contributed by atoms with van der Waals surface area (Å²) in [6, 6.07) is 11.1. The van der Waals surface area contributed by atoms with Crippen LogP contribution in [0.3, 0.4) is 0 Å². The number of nitrogens with zero attached hydrogens (tertiary/aromatic N) is 3. The Morgan fingerprint density at radius 2 is 1.23 bits per heavy atom. The largest absolute Gasteiger partial charge is 0.301 e. The summed E-state index contributed by atoms with van der Waals surface area (Å²) in [6.07, 6.45) is 11.9. The molecule has 26 heavy (non-hydrogen) atoms. The third-order valence-electron chi connectivity index (χ3n) is 6.20. The van der Waals surface area contributed by atoms with E-state index in [2.05, 4.69) is 52.0 Å². The lowest BCUT2D eigenvalue weighted by Crippen LogP contribution is -2.44. The lowest BCUT2D eigenvalue weighted by molar-refractivity contribution is 0.0827. The van der Waals surface area contributed by atoms with Crippen molar-refractivity contribution in [2.24, 2.45) is 0 Å². The summed E-state index contributed by atoms with van der Waals surface area (Å²) in [4.78, 5) is 8.09. The van der Waals surface area contributed by atoms with E-state index in [1.165, 1.54) is 103 Å². The molecule has 0 N–H and O–H groups in total. The highest BCUT2D eigenvalue weighted by molar-refractivity contribution is 5.20. The monoisotopic (exact) mass is 357 g/mol. The topological polar surface area (TPSA) is 9.72 Å². The van der Waals surface area contributed by atoms with E-state index in [0.29, 0.717) is 6.17 Å². The minimum Gasteiger partial charge on any atom is -0.301 e. The molecule has 0 amide bonds. The van der Waals surface area contributed by atoms with Gasteiger partial charge in [-0.1, -0.05) is 82.2 Å². The van der Waals surface area contributed by atoms with Gasteiger partial charge in [0.05, 0.1) is 6.17 Å². The van der Waals surface area contributed by atoms with Gasteiger partial charge in [0.2, 0.25) is 0 Å². The Morgan fingerprint density at radius 1 is 0.692 bits per heavy atom. The van der Waals surface area contributed by atoms with Crippen LogP contribution in [-0.2, 0) is 0 Å². The van der Waals surface area contributed by atoms with Gasteiger partial charge in [0.15, 0.2) is 0 Å². The molecule has 3 heteroatoms. The third-order valence-corrected chi connectivity index (χ3v) is 6.20. The van der Waals surface area contributed by atoms with Gasteiger partial charge in [-0.05, 0) is 18.5 Å². The van der Waals surface area contributed by atoms with E-state index in [1.54, 1.807) is 0 Å². The summed E-state index contributed by atoms with van der Waals surface area (Å²) in [5, 5.41) is 0. The van der Waals surface area contributed by atoms with Gasteiger partial charge in [0.25, 0.3) is 0 Å². The summed E-state index contributed by atoms with van der Waals surface area (Å²) < 4.78 is 0. The average molecular weight is 358 g/mol. The fourth-order valence-corrected chi connectivity index (χ4v) is 4.59. The summed E-state index contributed by atoms with van der Waals surface area (Å²) in [6.45, 7) is 11.0. The highest BCUT2D eigenvalue weighted by Gasteiger charge is 2.34. The molecular formula is C23H39N3. The average Bonchev–Trinajstić information content (AvgIpc) is 3.11. The molecule has 0 saturated carbocycles. The molecular weight excluding hydrogens is 318 g/mol. The van der Waals surface area contributed by atoms with Gasteiger partial charge in [0.1, 0.15) is 0 Å². The van der Waals surface area contributed by atoms with Crippen LogP contribution in [0.25, 0.3) is 0 Å². The van der Waals surface area contributed by atoms with Gasteiger partial charge in [-0.2, -0.15) is 0 Å². The van der Waals surface area contributed by atoms with Crippen molar-refractivity contribution in [3.05, 3.63) is 35.9 Å². The van der Waals surface area contributed by atoms with E-state index in [4.69, 9.17) is 0 Å². The molecule has 3 nitrogen and oxygen atoms in total. The highest BCUT2D eigenvalue weighted by Crippen LogP contribution is 2.30. The van der Waals surface area contributed by atoms with E-state index >= 15 is 0 Å². The van der Waals surface area contributed by atoms with Crippen molar-refractivity contribution >= 4 is 0 Å². The van der Waals surface area contributed by atoms with Crippen LogP contribution < -0.4 is 0 Å². The predicted molar refractivity (Wildman–Crippen MR) is 111 cm³/mol. The minimum atomic E-state index is 0.515. The van der Waals surface area contributed by atoms with Crippen LogP contribution in [0.4, 0.5) is 0 Å². The maximum atomic E-state index is 2.71. The van der Waals surface area contributed by atoms with Crippen LogP contribution in [-0.4, -0.2) is 60.5 Å². The molecule has 2 heterocycles. The maximum Gasteiger partial charge on any atom is 0.0887 e. The Hall–Kier alpha value is -0.900. The van der Waals surface area contributed by atoms with Gasteiger partial charge < -0.3 is 4.90 Å². The number of benzene rings is 1. The molecule has 1 aromatic carbocycles. The third kappa shape index (κ3) is 5.80. The summed E-state index contributed by atoms with van der Waals surface area (Å²) in [5.74, 6) is 0. The molecule has 0 radical (unpaired) electrons. The molecule has 2 aliphatic heterocycles. The van der Waals surface area contributed by atoms with Crippen molar-refractivity contribution < 1.29 is 0 Å². The molecule has 1 aromatic rings. The first kappa shape index (κ1) is 19.9. The minimum absolute atomic E-state index is 0.515. The van der Waals surface area contributed by atoms with E-state index in [9.17, 15) is 0 Å². The fourth-order valence-electron chi connectivity index (χ4n) is 4.59. The molecule has 0 aromatic heterocycles. The molecule has 146 valence electrons. The molecule has 2 bridgehead atoms. The second-order valence-corrected chi connectivity index (χ2v) is 8.17. The zero-order valence-corrected chi connectivity index (χ0v) is 16.9. The van der Waals surface area contributed by atoms with E-state index in [1.807, 2.05) is 0 Å². The Morgan fingerprint density at radius 3 is 1.85 bits per heavy atom. The van der Waals surface area contributed by atoms with Gasteiger partial charge in [-0.25, -0.2) is 0 Å². The molecule has 2 atom stereocenters. The first-order valence-corrected chi connectivity index (χ1v) is 11.1. The molecule has 2 unspecified atom stereocenters. The highest BCUT2D eigenvalue weighted by atomic mass is 15.4.